The maximum Gasteiger partial charge on any atom is 0.0746 e. The Morgan fingerprint density at radius 3 is 1.21 bits per heavy atom. The number of anilines is 3. The van der Waals surface area contributed by atoms with Gasteiger partial charge in [0, 0.05) is 16.9 Å². The highest BCUT2D eigenvalue weighted by Crippen LogP contribution is 2.65. The van der Waals surface area contributed by atoms with E-state index in [1.165, 1.54) is 109 Å². The maximum atomic E-state index is 2.59. The lowest BCUT2D eigenvalue weighted by Gasteiger charge is -2.36. The summed E-state index contributed by atoms with van der Waals surface area (Å²) in [6.07, 6.45) is 0. The Balaban J connectivity index is 1.08. The van der Waals surface area contributed by atoms with Gasteiger partial charge in [-0.3, -0.25) is 0 Å². The Morgan fingerprint density at radius 1 is 0.243 bits per heavy atom. The molecule has 0 heterocycles. The van der Waals surface area contributed by atoms with Crippen LogP contribution in [-0.4, -0.2) is 0 Å². The fourth-order valence-electron chi connectivity index (χ4n) is 12.6. The van der Waals surface area contributed by atoms with Crippen LogP contribution in [0.5, 0.6) is 0 Å². The highest BCUT2D eigenvalue weighted by Gasteiger charge is 2.53. The standard InChI is InChI=1S/C69H43N/c1-3-18-46-38-48(34-32-44(46)16-1)50-40-51(49-35-33-45-17-2-4-19-47(45)39-49)42-53(41-50)70(52-36-37-58-56-22-6-5-20-54(56)55-21-7-8-23-57(55)63(58)43-52)67-31-15-27-62-61-26-11-14-30-66(61)69(68(62)67)64-28-12-9-24-59(64)60-25-10-13-29-65(60)69/h1-43H. The van der Waals surface area contributed by atoms with Crippen molar-refractivity contribution in [1.82, 2.24) is 0 Å². The minimum absolute atomic E-state index is 0.565. The topological polar surface area (TPSA) is 3.24 Å². The third-order valence-electron chi connectivity index (χ3n) is 15.6. The van der Waals surface area contributed by atoms with Crippen molar-refractivity contribution in [1.29, 1.82) is 0 Å². The molecule has 0 fully saturated rings. The average Bonchev–Trinajstić information content (AvgIpc) is 3.92. The van der Waals surface area contributed by atoms with Crippen molar-refractivity contribution < 1.29 is 0 Å². The average molecular weight is 886 g/mol. The lowest BCUT2D eigenvalue weighted by molar-refractivity contribution is 0.793. The van der Waals surface area contributed by atoms with Crippen LogP contribution in [0.1, 0.15) is 22.3 Å². The molecule has 0 N–H and O–H groups in total. The van der Waals surface area contributed by atoms with Crippen LogP contribution in [0, 0.1) is 0 Å². The molecule has 13 aromatic rings. The number of nitrogens with zero attached hydrogens (tertiary/aromatic N) is 1. The summed E-state index contributed by atoms with van der Waals surface area (Å²) in [4.78, 5) is 2.59. The molecule has 1 heteroatoms. The molecule has 0 aromatic heterocycles. The van der Waals surface area contributed by atoms with Crippen LogP contribution < -0.4 is 4.90 Å². The molecule has 13 aromatic carbocycles. The molecule has 0 saturated heterocycles. The molecule has 0 amide bonds. The monoisotopic (exact) mass is 885 g/mol. The largest absolute Gasteiger partial charge is 0.310 e. The Bertz CT molecular complexity index is 4130. The minimum Gasteiger partial charge on any atom is -0.310 e. The predicted molar refractivity (Wildman–Crippen MR) is 296 cm³/mol. The normalized spacial score (nSPS) is 13.0. The summed E-state index contributed by atoms with van der Waals surface area (Å²) in [6, 6.07) is 98.0. The van der Waals surface area contributed by atoms with E-state index in [2.05, 4.69) is 266 Å². The Hall–Kier alpha value is -9.04. The lowest BCUT2D eigenvalue weighted by atomic mass is 9.70. The highest BCUT2D eigenvalue weighted by atomic mass is 15.1. The first-order valence-corrected chi connectivity index (χ1v) is 24.4. The van der Waals surface area contributed by atoms with Crippen LogP contribution in [0.15, 0.2) is 261 Å². The number of hydrogen-bond donors (Lipinski definition) is 0. The third kappa shape index (κ3) is 5.55. The number of fused-ring (bicyclic) bond motifs is 18. The number of hydrogen-bond acceptors (Lipinski definition) is 1. The van der Waals surface area contributed by atoms with E-state index in [0.717, 1.165) is 28.2 Å². The van der Waals surface area contributed by atoms with Crippen LogP contribution in [0.3, 0.4) is 0 Å². The Labute approximate surface area is 406 Å². The van der Waals surface area contributed by atoms with Gasteiger partial charge in [0.1, 0.15) is 0 Å². The van der Waals surface area contributed by atoms with Crippen LogP contribution in [0.2, 0.25) is 0 Å². The molecule has 15 rings (SSSR count). The second-order valence-corrected chi connectivity index (χ2v) is 19.1. The molecule has 0 radical (unpaired) electrons. The zero-order valence-corrected chi connectivity index (χ0v) is 38.3. The SMILES string of the molecule is c1ccc2c(c1)-c1ccccc1C21c2ccccc2-c2cccc(N(c3cc(-c4ccc5ccccc5c4)cc(-c4ccc5ccccc5c4)c3)c3ccc4c5ccccc5c5ccccc5c4c3)c21. The number of rotatable bonds is 5. The van der Waals surface area contributed by atoms with Crippen LogP contribution in [-0.2, 0) is 5.41 Å². The molecule has 2 aliphatic rings. The van der Waals surface area contributed by atoms with Crippen molar-refractivity contribution in [2.45, 2.75) is 5.41 Å². The van der Waals surface area contributed by atoms with Gasteiger partial charge in [-0.25, -0.2) is 0 Å². The van der Waals surface area contributed by atoms with Gasteiger partial charge in [0.15, 0.2) is 0 Å². The first-order chi connectivity index (χ1) is 34.7. The van der Waals surface area contributed by atoms with E-state index in [-0.39, 0.29) is 0 Å². The van der Waals surface area contributed by atoms with E-state index in [0.29, 0.717) is 0 Å². The molecule has 324 valence electrons. The zero-order valence-electron chi connectivity index (χ0n) is 38.3. The quantitative estimate of drug-likeness (QED) is 0.156. The van der Waals surface area contributed by atoms with Crippen LogP contribution in [0.25, 0.3) is 98.4 Å². The van der Waals surface area contributed by atoms with Gasteiger partial charge in [0.05, 0.1) is 11.1 Å². The van der Waals surface area contributed by atoms with Gasteiger partial charge in [-0.05, 0) is 164 Å². The molecule has 0 bridgehead atoms. The third-order valence-corrected chi connectivity index (χ3v) is 15.6. The van der Waals surface area contributed by atoms with Gasteiger partial charge in [-0.1, -0.05) is 212 Å². The van der Waals surface area contributed by atoms with Crippen molar-refractivity contribution >= 4 is 70.9 Å². The van der Waals surface area contributed by atoms with E-state index in [1.54, 1.807) is 0 Å². The van der Waals surface area contributed by atoms with Crippen LogP contribution in [0.4, 0.5) is 17.1 Å². The summed E-state index contributed by atoms with van der Waals surface area (Å²) in [5, 5.41) is 12.5. The molecule has 70 heavy (non-hydrogen) atoms. The fourth-order valence-corrected chi connectivity index (χ4v) is 12.6. The molecule has 0 atom stereocenters. The van der Waals surface area contributed by atoms with Gasteiger partial charge in [0.2, 0.25) is 0 Å². The molecular formula is C69H43N. The van der Waals surface area contributed by atoms with Crippen molar-refractivity contribution in [3.8, 4) is 44.5 Å². The minimum atomic E-state index is -0.565. The number of benzene rings is 13. The molecule has 0 saturated carbocycles. The van der Waals surface area contributed by atoms with E-state index < -0.39 is 5.41 Å². The molecule has 2 aliphatic carbocycles. The summed E-state index contributed by atoms with van der Waals surface area (Å²) in [7, 11) is 0. The zero-order chi connectivity index (χ0) is 45.9. The maximum absolute atomic E-state index is 2.59. The summed E-state index contributed by atoms with van der Waals surface area (Å²) in [6.45, 7) is 0. The van der Waals surface area contributed by atoms with Crippen molar-refractivity contribution in [2.75, 3.05) is 4.90 Å². The first kappa shape index (κ1) is 39.0. The van der Waals surface area contributed by atoms with Gasteiger partial charge in [0.25, 0.3) is 0 Å². The molecule has 0 aliphatic heterocycles. The lowest BCUT2D eigenvalue weighted by Crippen LogP contribution is -2.28. The molecule has 1 spiro atoms. The second kappa shape index (κ2) is 15.0. The first-order valence-electron chi connectivity index (χ1n) is 24.4. The van der Waals surface area contributed by atoms with E-state index >= 15 is 0 Å². The molecule has 1 nitrogen and oxygen atoms in total. The Morgan fingerprint density at radius 2 is 0.671 bits per heavy atom. The van der Waals surface area contributed by atoms with Crippen molar-refractivity contribution in [2.24, 2.45) is 0 Å². The predicted octanol–water partition coefficient (Wildman–Crippen LogP) is 18.6. The Kier molecular flexibility index (Phi) is 8.35. The van der Waals surface area contributed by atoms with Gasteiger partial charge in [-0.15, -0.1) is 0 Å². The summed E-state index contributed by atoms with van der Waals surface area (Å²) in [5.41, 5.74) is 17.9. The summed E-state index contributed by atoms with van der Waals surface area (Å²) >= 11 is 0. The van der Waals surface area contributed by atoms with E-state index in [1.807, 2.05) is 0 Å². The molecule has 0 unspecified atom stereocenters. The smallest absolute Gasteiger partial charge is 0.0746 e. The molecular weight excluding hydrogens is 843 g/mol. The van der Waals surface area contributed by atoms with Gasteiger partial charge in [-0.2, -0.15) is 0 Å². The van der Waals surface area contributed by atoms with E-state index in [4.69, 9.17) is 0 Å². The van der Waals surface area contributed by atoms with Gasteiger partial charge >= 0.3 is 0 Å². The van der Waals surface area contributed by atoms with E-state index in [9.17, 15) is 0 Å². The second-order valence-electron chi connectivity index (χ2n) is 19.1. The van der Waals surface area contributed by atoms with Crippen molar-refractivity contribution in [3.63, 3.8) is 0 Å². The van der Waals surface area contributed by atoms with Gasteiger partial charge < -0.3 is 4.90 Å². The summed E-state index contributed by atoms with van der Waals surface area (Å²) < 4.78 is 0. The fraction of sp³-hybridized carbons (Fsp3) is 0.0145. The van der Waals surface area contributed by atoms with Crippen molar-refractivity contribution in [3.05, 3.63) is 283 Å². The van der Waals surface area contributed by atoms with Crippen LogP contribution >= 0.6 is 0 Å². The highest BCUT2D eigenvalue weighted by molar-refractivity contribution is 6.26. The summed E-state index contributed by atoms with van der Waals surface area (Å²) in [5.74, 6) is 0.